The minimum Gasteiger partial charge on any atom is -0.479 e. The van der Waals surface area contributed by atoms with Gasteiger partial charge >= 0.3 is 0 Å². The Hall–Kier alpha value is -5.14. The minimum atomic E-state index is -1.21. The molecule has 0 saturated carbocycles. The molecule has 3 nitrogen and oxygen atoms in total. The fourth-order valence-electron chi connectivity index (χ4n) is 7.90. The fraction of sp³-hybridized carbons (Fsp3) is 0.176. The van der Waals surface area contributed by atoms with Crippen molar-refractivity contribution in [3.8, 4) is 28.4 Å². The van der Waals surface area contributed by atoms with E-state index in [0.717, 1.165) is 82.1 Å². The topological polar surface area (TPSA) is 27.7 Å². The van der Waals surface area contributed by atoms with E-state index in [1.54, 1.807) is 0 Å². The van der Waals surface area contributed by atoms with Crippen LogP contribution in [0, 0.1) is 0 Å². The van der Waals surface area contributed by atoms with Crippen LogP contribution in [0.15, 0.2) is 164 Å². The third-order valence-corrected chi connectivity index (χ3v) is 13.6. The molecule has 0 spiro atoms. The fourth-order valence-corrected chi connectivity index (χ4v) is 10.8. The Morgan fingerprint density at radius 2 is 1.12 bits per heavy atom. The van der Waals surface area contributed by atoms with E-state index in [2.05, 4.69) is 192 Å². The van der Waals surface area contributed by atoms with Crippen LogP contribution in [0.5, 0.6) is 17.2 Å². The van der Waals surface area contributed by atoms with Crippen molar-refractivity contribution in [3.63, 3.8) is 0 Å². The van der Waals surface area contributed by atoms with Gasteiger partial charge in [-0.1, -0.05) is 178 Å². The van der Waals surface area contributed by atoms with E-state index in [1.165, 1.54) is 32.3 Å². The van der Waals surface area contributed by atoms with Crippen LogP contribution in [-0.2, 0) is 6.42 Å². The van der Waals surface area contributed by atoms with Gasteiger partial charge in [0.1, 0.15) is 33.9 Å². The smallest absolute Gasteiger partial charge is 0.158 e. The molecular formula is C51H49BO3P2. The van der Waals surface area contributed by atoms with Crippen molar-refractivity contribution < 1.29 is 13.8 Å². The molecule has 2 atom stereocenters. The summed E-state index contributed by atoms with van der Waals surface area (Å²) in [6, 6.07) is 58.3. The predicted molar refractivity (Wildman–Crippen MR) is 250 cm³/mol. The first-order valence-electron chi connectivity index (χ1n) is 20.2. The van der Waals surface area contributed by atoms with Crippen LogP contribution in [0.3, 0.4) is 0 Å². The van der Waals surface area contributed by atoms with Gasteiger partial charge in [-0.15, -0.1) is 0 Å². The average Bonchev–Trinajstić information content (AvgIpc) is 3.24. The summed E-state index contributed by atoms with van der Waals surface area (Å²) in [7, 11) is 0.998. The van der Waals surface area contributed by atoms with E-state index in [1.807, 2.05) is 0 Å². The predicted octanol–water partition coefficient (Wildman–Crippen LogP) is 12.4. The number of aryl methyl sites for hydroxylation is 1. The largest absolute Gasteiger partial charge is 0.479 e. The molecule has 57 heavy (non-hydrogen) atoms. The van der Waals surface area contributed by atoms with E-state index in [9.17, 15) is 0 Å². The van der Waals surface area contributed by atoms with Crippen molar-refractivity contribution in [1.29, 1.82) is 0 Å². The molecule has 0 amide bonds. The highest BCUT2D eigenvalue weighted by Crippen LogP contribution is 2.52. The van der Waals surface area contributed by atoms with Gasteiger partial charge in [-0.25, -0.2) is 0 Å². The molecule has 0 saturated heterocycles. The molecule has 0 fully saturated rings. The second-order valence-corrected chi connectivity index (χ2v) is 18.3. The van der Waals surface area contributed by atoms with Gasteiger partial charge in [-0.2, -0.15) is 0 Å². The lowest BCUT2D eigenvalue weighted by Gasteiger charge is -2.32. The van der Waals surface area contributed by atoms with Crippen LogP contribution in [-0.4, -0.2) is 13.2 Å². The van der Waals surface area contributed by atoms with Crippen molar-refractivity contribution >= 4 is 73.2 Å². The highest BCUT2D eigenvalue weighted by molar-refractivity contribution is 7.68. The van der Waals surface area contributed by atoms with Crippen LogP contribution in [0.1, 0.15) is 52.0 Å². The Bertz CT molecular complexity index is 2590. The van der Waals surface area contributed by atoms with Crippen molar-refractivity contribution in [2.24, 2.45) is 0 Å². The highest BCUT2D eigenvalue weighted by Gasteiger charge is 2.31. The second kappa shape index (κ2) is 17.6. The lowest BCUT2D eigenvalue weighted by atomic mass is 9.84. The van der Waals surface area contributed by atoms with Gasteiger partial charge in [0.2, 0.25) is 0 Å². The molecule has 8 rings (SSSR count). The van der Waals surface area contributed by atoms with Gasteiger partial charge in [0.05, 0.1) is 0 Å². The quantitative estimate of drug-likeness (QED) is 0.0766. The van der Waals surface area contributed by atoms with E-state index in [0.29, 0.717) is 0 Å². The summed E-state index contributed by atoms with van der Waals surface area (Å²) >= 11 is 0. The van der Waals surface area contributed by atoms with Crippen LogP contribution >= 0.6 is 17.0 Å². The van der Waals surface area contributed by atoms with Crippen molar-refractivity contribution in [3.05, 3.63) is 169 Å². The Labute approximate surface area is 341 Å². The standard InChI is InChI=1S/C51H49BO3P2/c1-4-6-20-39-34-37-22-14-17-30-43(37)47(49(39)55-57(40-25-9-7-10-26-40)41-27-11-8-12-28-41)48-44-31-18-15-23-38(44)35-45(52)50(48)54-56-51(3,33-5-2)53-46-32-19-24-36-21-13-16-29-42(36)46/h7-19,21-32,34-35,56H,4-6,20,33,52H2,1-3H3. The van der Waals surface area contributed by atoms with E-state index in [4.69, 9.17) is 13.8 Å². The molecule has 8 aromatic rings. The molecule has 0 aliphatic heterocycles. The first kappa shape index (κ1) is 38.7. The summed E-state index contributed by atoms with van der Waals surface area (Å²) in [4.78, 5) is 0. The summed E-state index contributed by atoms with van der Waals surface area (Å²) in [6.07, 6.45) is 4.86. The summed E-state index contributed by atoms with van der Waals surface area (Å²) < 4.78 is 22.0. The van der Waals surface area contributed by atoms with Gasteiger partial charge in [0.25, 0.3) is 0 Å². The zero-order chi connectivity index (χ0) is 39.2. The maximum atomic E-state index is 7.64. The van der Waals surface area contributed by atoms with Crippen molar-refractivity contribution in [1.82, 2.24) is 0 Å². The number of unbranched alkanes of at least 4 members (excludes halogenated alkanes) is 1. The zero-order valence-electron chi connectivity index (χ0n) is 33.3. The van der Waals surface area contributed by atoms with E-state index < -0.39 is 13.5 Å². The van der Waals surface area contributed by atoms with Crippen LogP contribution < -0.4 is 29.9 Å². The van der Waals surface area contributed by atoms with Crippen molar-refractivity contribution in [2.75, 3.05) is 0 Å². The third kappa shape index (κ3) is 8.31. The molecule has 0 heterocycles. The Morgan fingerprint density at radius 1 is 0.579 bits per heavy atom. The number of benzene rings is 8. The number of rotatable bonds is 15. The summed E-state index contributed by atoms with van der Waals surface area (Å²) in [5.74, 6) is 2.70. The Morgan fingerprint density at radius 3 is 1.75 bits per heavy atom. The summed E-state index contributed by atoms with van der Waals surface area (Å²) in [6.45, 7) is 6.68. The normalized spacial score (nSPS) is 12.8. The number of hydrogen-bond acceptors (Lipinski definition) is 3. The molecule has 2 unspecified atom stereocenters. The lowest BCUT2D eigenvalue weighted by Crippen LogP contribution is -2.28. The zero-order valence-corrected chi connectivity index (χ0v) is 35.2. The first-order chi connectivity index (χ1) is 28.0. The first-order valence-corrected chi connectivity index (χ1v) is 22.4. The molecule has 0 aromatic heterocycles. The molecule has 6 heteroatoms. The molecule has 0 aliphatic rings. The van der Waals surface area contributed by atoms with Crippen LogP contribution in [0.4, 0.5) is 0 Å². The van der Waals surface area contributed by atoms with Gasteiger partial charge in [-0.05, 0) is 76.3 Å². The number of ether oxygens (including phenoxy) is 1. The maximum absolute atomic E-state index is 7.64. The number of hydrogen-bond donors (Lipinski definition) is 0. The van der Waals surface area contributed by atoms with Crippen molar-refractivity contribution in [2.45, 2.75) is 58.2 Å². The summed E-state index contributed by atoms with van der Waals surface area (Å²) in [5.41, 5.74) is 4.47. The molecule has 8 aromatic carbocycles. The minimum absolute atomic E-state index is 0.0293. The van der Waals surface area contributed by atoms with Gasteiger partial charge < -0.3 is 13.8 Å². The number of fused-ring (bicyclic) bond motifs is 3. The van der Waals surface area contributed by atoms with Gasteiger partial charge in [-0.3, -0.25) is 0 Å². The molecule has 0 aliphatic carbocycles. The van der Waals surface area contributed by atoms with E-state index >= 15 is 0 Å². The molecule has 0 bridgehead atoms. The average molecular weight is 783 g/mol. The molecular weight excluding hydrogens is 733 g/mol. The molecule has 0 radical (unpaired) electrons. The van der Waals surface area contributed by atoms with Gasteiger partial charge in [0.15, 0.2) is 13.5 Å². The lowest BCUT2D eigenvalue weighted by molar-refractivity contribution is 0.165. The molecule has 0 N–H and O–H groups in total. The van der Waals surface area contributed by atoms with E-state index in [-0.39, 0.29) is 8.81 Å². The maximum Gasteiger partial charge on any atom is 0.158 e. The Balaban J connectivity index is 1.34. The second-order valence-electron chi connectivity index (χ2n) is 15.0. The summed E-state index contributed by atoms with van der Waals surface area (Å²) in [5, 5.41) is 8.72. The Kier molecular flexibility index (Phi) is 11.9. The van der Waals surface area contributed by atoms with Crippen LogP contribution in [0.2, 0.25) is 0 Å². The highest BCUT2D eigenvalue weighted by atomic mass is 31.1. The third-order valence-electron chi connectivity index (χ3n) is 10.7. The SMILES string of the molecule is Bc1cc2ccccc2c(-c2c(OP(c3ccccc3)c3ccccc3)c(CCCC)cc3ccccc23)c1OPC(C)(CCC)Oc1cccc2ccccc12. The molecule has 284 valence electrons. The monoisotopic (exact) mass is 782 g/mol. The van der Waals surface area contributed by atoms with Crippen LogP contribution in [0.25, 0.3) is 43.4 Å². The van der Waals surface area contributed by atoms with Gasteiger partial charge in [0, 0.05) is 27.1 Å².